The number of aromatic nitrogens is 1. The fourth-order valence-electron chi connectivity index (χ4n) is 1.29. The monoisotopic (exact) mass is 172 g/mol. The molecule has 64 valence electrons. The van der Waals surface area contributed by atoms with Gasteiger partial charge in [0.2, 0.25) is 0 Å². The summed E-state index contributed by atoms with van der Waals surface area (Å²) < 4.78 is 0. The zero-order chi connectivity index (χ0) is 9.10. The van der Waals surface area contributed by atoms with Gasteiger partial charge in [-0.1, -0.05) is 0 Å². The van der Waals surface area contributed by atoms with Crippen molar-refractivity contribution in [2.45, 2.75) is 0 Å². The standard InChI is InChI=1S/C9H8N4/c10-7-13-5-4-12-9(13)8-2-1-3-11-6-8/h1-3,6H,4-5H2. The summed E-state index contributed by atoms with van der Waals surface area (Å²) in [4.78, 5) is 9.80. The molecule has 0 aliphatic carbocycles. The molecule has 13 heavy (non-hydrogen) atoms. The number of nitriles is 1. The van der Waals surface area contributed by atoms with Gasteiger partial charge in [0.25, 0.3) is 0 Å². The van der Waals surface area contributed by atoms with Crippen LogP contribution < -0.4 is 0 Å². The molecule has 0 unspecified atom stereocenters. The SMILES string of the molecule is N#CN1CCN=C1c1cccnc1. The quantitative estimate of drug-likeness (QED) is 0.583. The Morgan fingerprint density at radius 1 is 1.54 bits per heavy atom. The smallest absolute Gasteiger partial charge is 0.185 e. The molecule has 0 radical (unpaired) electrons. The van der Waals surface area contributed by atoms with Crippen LogP contribution in [-0.4, -0.2) is 28.8 Å². The minimum atomic E-state index is 0.681. The Morgan fingerprint density at radius 2 is 2.46 bits per heavy atom. The molecule has 0 N–H and O–H groups in total. The second kappa shape index (κ2) is 3.23. The molecule has 0 fully saturated rings. The Kier molecular flexibility index (Phi) is 1.93. The lowest BCUT2D eigenvalue weighted by atomic mass is 10.2. The lowest BCUT2D eigenvalue weighted by molar-refractivity contribution is 0.631. The summed E-state index contributed by atoms with van der Waals surface area (Å²) in [5, 5.41) is 8.77. The summed E-state index contributed by atoms with van der Waals surface area (Å²) in [6.45, 7) is 1.37. The maximum atomic E-state index is 8.77. The van der Waals surface area contributed by atoms with E-state index < -0.39 is 0 Å². The molecular formula is C9H8N4. The normalized spacial score (nSPS) is 15.3. The second-order valence-corrected chi connectivity index (χ2v) is 2.70. The van der Waals surface area contributed by atoms with E-state index in [1.807, 2.05) is 12.1 Å². The molecule has 0 saturated carbocycles. The van der Waals surface area contributed by atoms with E-state index in [0.29, 0.717) is 13.1 Å². The highest BCUT2D eigenvalue weighted by atomic mass is 15.2. The van der Waals surface area contributed by atoms with Crippen molar-refractivity contribution in [2.75, 3.05) is 13.1 Å². The van der Waals surface area contributed by atoms with Gasteiger partial charge in [-0.25, -0.2) is 0 Å². The highest BCUT2D eigenvalue weighted by Crippen LogP contribution is 2.08. The van der Waals surface area contributed by atoms with Crippen LogP contribution in [0.3, 0.4) is 0 Å². The molecule has 2 rings (SSSR count). The van der Waals surface area contributed by atoms with Gasteiger partial charge in [0.05, 0.1) is 13.1 Å². The third kappa shape index (κ3) is 1.36. The summed E-state index contributed by atoms with van der Waals surface area (Å²) in [7, 11) is 0. The molecule has 1 aromatic rings. The predicted molar refractivity (Wildman–Crippen MR) is 48.0 cm³/mol. The number of pyridine rings is 1. The summed E-state index contributed by atoms with van der Waals surface area (Å²) in [5.74, 6) is 0.732. The van der Waals surface area contributed by atoms with Crippen molar-refractivity contribution in [3.8, 4) is 6.19 Å². The Morgan fingerprint density at radius 3 is 3.15 bits per heavy atom. The first-order chi connectivity index (χ1) is 6.42. The third-order valence-corrected chi connectivity index (χ3v) is 1.88. The van der Waals surface area contributed by atoms with Crippen LogP contribution >= 0.6 is 0 Å². The van der Waals surface area contributed by atoms with E-state index in [2.05, 4.69) is 16.2 Å². The molecule has 0 spiro atoms. The van der Waals surface area contributed by atoms with Crippen LogP contribution in [0.5, 0.6) is 0 Å². The molecule has 1 aromatic heterocycles. The molecular weight excluding hydrogens is 164 g/mol. The third-order valence-electron chi connectivity index (χ3n) is 1.88. The van der Waals surface area contributed by atoms with E-state index in [1.54, 1.807) is 17.3 Å². The van der Waals surface area contributed by atoms with E-state index >= 15 is 0 Å². The summed E-state index contributed by atoms with van der Waals surface area (Å²) >= 11 is 0. The van der Waals surface area contributed by atoms with E-state index in [-0.39, 0.29) is 0 Å². The van der Waals surface area contributed by atoms with Gasteiger partial charge in [-0.15, -0.1) is 0 Å². The first kappa shape index (κ1) is 7.74. The number of nitrogens with zero attached hydrogens (tertiary/aromatic N) is 4. The Bertz CT molecular complexity index is 363. The van der Waals surface area contributed by atoms with Gasteiger partial charge in [-0.2, -0.15) is 5.26 Å². The maximum absolute atomic E-state index is 8.77. The Hall–Kier alpha value is -1.89. The Labute approximate surface area is 76.2 Å². The van der Waals surface area contributed by atoms with Crippen LogP contribution in [0, 0.1) is 11.5 Å². The lowest BCUT2D eigenvalue weighted by Gasteiger charge is -2.08. The van der Waals surface area contributed by atoms with Crippen molar-refractivity contribution >= 4 is 5.84 Å². The second-order valence-electron chi connectivity index (χ2n) is 2.70. The molecule has 1 aliphatic rings. The average Bonchev–Trinajstić information content (AvgIpc) is 2.67. The van der Waals surface area contributed by atoms with Crippen LogP contribution in [-0.2, 0) is 0 Å². The predicted octanol–water partition coefficient (Wildman–Crippen LogP) is 0.625. The molecule has 2 heterocycles. The van der Waals surface area contributed by atoms with Gasteiger partial charge >= 0.3 is 0 Å². The summed E-state index contributed by atoms with van der Waals surface area (Å²) in [6, 6.07) is 3.74. The lowest BCUT2D eigenvalue weighted by Crippen LogP contribution is -2.22. The number of amidine groups is 1. The molecule has 0 saturated heterocycles. The Balaban J connectivity index is 2.33. The largest absolute Gasteiger partial charge is 0.265 e. The van der Waals surface area contributed by atoms with Crippen molar-refractivity contribution in [2.24, 2.45) is 4.99 Å². The van der Waals surface area contributed by atoms with Gasteiger partial charge in [0.1, 0.15) is 5.84 Å². The van der Waals surface area contributed by atoms with Crippen LogP contribution in [0.1, 0.15) is 5.56 Å². The average molecular weight is 172 g/mol. The summed E-state index contributed by atoms with van der Waals surface area (Å²) in [6.07, 6.45) is 5.51. The highest BCUT2D eigenvalue weighted by molar-refractivity contribution is 6.00. The maximum Gasteiger partial charge on any atom is 0.185 e. The van der Waals surface area contributed by atoms with Crippen LogP contribution in [0.2, 0.25) is 0 Å². The first-order valence-electron chi connectivity index (χ1n) is 4.04. The van der Waals surface area contributed by atoms with Crippen LogP contribution in [0.4, 0.5) is 0 Å². The minimum absolute atomic E-state index is 0.681. The fourth-order valence-corrected chi connectivity index (χ4v) is 1.29. The van der Waals surface area contributed by atoms with Gasteiger partial charge < -0.3 is 0 Å². The van der Waals surface area contributed by atoms with Gasteiger partial charge in [-0.3, -0.25) is 14.9 Å². The highest BCUT2D eigenvalue weighted by Gasteiger charge is 2.17. The fraction of sp³-hybridized carbons (Fsp3) is 0.222. The van der Waals surface area contributed by atoms with Gasteiger partial charge in [0.15, 0.2) is 6.19 Å². The summed E-state index contributed by atoms with van der Waals surface area (Å²) in [5.41, 5.74) is 0.904. The van der Waals surface area contributed by atoms with Gasteiger partial charge in [0, 0.05) is 18.0 Å². The molecule has 0 amide bonds. The van der Waals surface area contributed by atoms with E-state index in [9.17, 15) is 0 Å². The molecule has 4 heteroatoms. The molecule has 1 aliphatic heterocycles. The van der Waals surface area contributed by atoms with Crippen molar-refractivity contribution in [3.05, 3.63) is 30.1 Å². The van der Waals surface area contributed by atoms with Crippen LogP contribution in [0.25, 0.3) is 0 Å². The van der Waals surface area contributed by atoms with E-state index in [0.717, 1.165) is 11.4 Å². The van der Waals surface area contributed by atoms with Crippen molar-refractivity contribution < 1.29 is 0 Å². The van der Waals surface area contributed by atoms with E-state index in [4.69, 9.17) is 5.26 Å². The number of rotatable bonds is 1. The molecule has 0 bridgehead atoms. The zero-order valence-electron chi connectivity index (χ0n) is 7.01. The van der Waals surface area contributed by atoms with Gasteiger partial charge in [-0.05, 0) is 12.1 Å². The number of hydrogen-bond acceptors (Lipinski definition) is 4. The first-order valence-corrected chi connectivity index (χ1v) is 4.04. The zero-order valence-corrected chi connectivity index (χ0v) is 7.01. The minimum Gasteiger partial charge on any atom is -0.265 e. The van der Waals surface area contributed by atoms with Crippen molar-refractivity contribution in [1.29, 1.82) is 5.26 Å². The van der Waals surface area contributed by atoms with Crippen molar-refractivity contribution in [1.82, 2.24) is 9.88 Å². The van der Waals surface area contributed by atoms with Crippen molar-refractivity contribution in [3.63, 3.8) is 0 Å². The molecule has 0 atom stereocenters. The van der Waals surface area contributed by atoms with Crippen LogP contribution in [0.15, 0.2) is 29.5 Å². The van der Waals surface area contributed by atoms with E-state index in [1.165, 1.54) is 0 Å². The molecule has 4 nitrogen and oxygen atoms in total. The number of hydrogen-bond donors (Lipinski definition) is 0. The number of aliphatic imine (C=N–C) groups is 1. The topological polar surface area (TPSA) is 52.3 Å². The molecule has 0 aromatic carbocycles.